The van der Waals surface area contributed by atoms with E-state index >= 15 is 0 Å². The third-order valence-electron chi connectivity index (χ3n) is 2.68. The Morgan fingerprint density at radius 2 is 1.85 bits per heavy atom. The molecule has 0 unspecified atom stereocenters. The highest BCUT2D eigenvalue weighted by Gasteiger charge is 2.12. The van der Waals surface area contributed by atoms with Crippen LogP contribution >= 0.6 is 12.4 Å². The maximum absolute atomic E-state index is 11.7. The minimum atomic E-state index is -0.185. The van der Waals surface area contributed by atoms with Gasteiger partial charge in [-0.25, -0.2) is 0 Å². The summed E-state index contributed by atoms with van der Waals surface area (Å²) in [5.74, 6) is -0.200. The van der Waals surface area contributed by atoms with Crippen molar-refractivity contribution < 1.29 is 9.59 Å². The molecule has 0 saturated carbocycles. The number of hydrogen-bond donors (Lipinski definition) is 2. The summed E-state index contributed by atoms with van der Waals surface area (Å²) in [4.78, 5) is 24.9. The van der Waals surface area contributed by atoms with E-state index in [0.717, 1.165) is 18.7 Å². The molecular weight excluding hydrogens is 278 g/mol. The molecule has 1 rings (SSSR count). The summed E-state index contributed by atoms with van der Waals surface area (Å²) < 4.78 is 0. The van der Waals surface area contributed by atoms with Crippen molar-refractivity contribution >= 4 is 29.9 Å². The van der Waals surface area contributed by atoms with Crippen molar-refractivity contribution in [3.63, 3.8) is 0 Å². The number of carbonyl (C=O) groups is 2. The van der Waals surface area contributed by atoms with Crippen molar-refractivity contribution in [1.29, 1.82) is 0 Å². The van der Waals surface area contributed by atoms with Gasteiger partial charge in [-0.15, -0.1) is 12.4 Å². The number of carbonyl (C=O) groups excluding carboxylic acids is 2. The first kappa shape index (κ1) is 18.4. The minimum Gasteiger partial charge on any atom is -0.336 e. The first-order valence-electron chi connectivity index (χ1n) is 6.37. The second kappa shape index (κ2) is 10.2. The molecule has 0 spiro atoms. The fraction of sp³-hybridized carbons (Fsp3) is 0.429. The monoisotopic (exact) mass is 299 g/mol. The molecule has 0 aliphatic carbocycles. The lowest BCUT2D eigenvalue weighted by Crippen LogP contribution is -2.35. The highest BCUT2D eigenvalue weighted by molar-refractivity contribution is 5.94. The number of halogens is 1. The van der Waals surface area contributed by atoms with E-state index in [4.69, 9.17) is 0 Å². The van der Waals surface area contributed by atoms with Crippen molar-refractivity contribution in [1.82, 2.24) is 10.2 Å². The minimum absolute atomic E-state index is 0. The lowest BCUT2D eigenvalue weighted by Gasteiger charge is -2.16. The van der Waals surface area contributed by atoms with Gasteiger partial charge in [-0.05, 0) is 32.1 Å². The first-order valence-corrected chi connectivity index (χ1v) is 6.37. The molecule has 20 heavy (non-hydrogen) atoms. The molecule has 112 valence electrons. The Balaban J connectivity index is 0.00000361. The van der Waals surface area contributed by atoms with Crippen LogP contribution in [-0.2, 0) is 9.59 Å². The van der Waals surface area contributed by atoms with Gasteiger partial charge in [-0.2, -0.15) is 0 Å². The van der Waals surface area contributed by atoms with E-state index in [9.17, 15) is 9.59 Å². The molecule has 0 atom stereocenters. The SMILES string of the molecule is CNCCCC(=O)N(C)CC(=O)Nc1ccccc1.Cl. The van der Waals surface area contributed by atoms with Gasteiger partial charge in [0.05, 0.1) is 6.54 Å². The molecule has 1 aromatic rings. The Labute approximate surface area is 126 Å². The maximum Gasteiger partial charge on any atom is 0.243 e. The average Bonchev–Trinajstić information content (AvgIpc) is 2.39. The quantitative estimate of drug-likeness (QED) is 0.750. The van der Waals surface area contributed by atoms with Gasteiger partial charge in [0.1, 0.15) is 0 Å². The molecule has 2 amide bonds. The van der Waals surface area contributed by atoms with Gasteiger partial charge >= 0.3 is 0 Å². The predicted octanol–water partition coefficient (Wildman–Crippen LogP) is 1.50. The zero-order chi connectivity index (χ0) is 14.1. The molecule has 0 heterocycles. The predicted molar refractivity (Wildman–Crippen MR) is 83.1 cm³/mol. The van der Waals surface area contributed by atoms with Crippen LogP contribution in [-0.4, -0.2) is 43.9 Å². The molecule has 0 aromatic heterocycles. The Hall–Kier alpha value is -1.59. The van der Waals surface area contributed by atoms with Crippen molar-refractivity contribution in [2.75, 3.05) is 32.5 Å². The first-order chi connectivity index (χ1) is 9.13. The third kappa shape index (κ3) is 7.11. The number of anilines is 1. The standard InChI is InChI=1S/C14H21N3O2.ClH/c1-15-10-6-9-14(19)17(2)11-13(18)16-12-7-4-3-5-8-12;/h3-5,7-8,15H,6,9-11H2,1-2H3,(H,16,18);1H. The van der Waals surface area contributed by atoms with Crippen LogP contribution in [0.4, 0.5) is 5.69 Å². The molecule has 0 fully saturated rings. The molecule has 0 aliphatic rings. The van der Waals surface area contributed by atoms with Gasteiger partial charge in [-0.3, -0.25) is 9.59 Å². The van der Waals surface area contributed by atoms with Crippen LogP contribution in [0.1, 0.15) is 12.8 Å². The molecule has 0 saturated heterocycles. The van der Waals surface area contributed by atoms with Crippen molar-refractivity contribution in [2.24, 2.45) is 0 Å². The van der Waals surface area contributed by atoms with Crippen LogP contribution in [0.2, 0.25) is 0 Å². The molecular formula is C14H22ClN3O2. The zero-order valence-corrected chi connectivity index (χ0v) is 12.7. The highest BCUT2D eigenvalue weighted by Crippen LogP contribution is 2.05. The number of nitrogens with zero attached hydrogens (tertiary/aromatic N) is 1. The highest BCUT2D eigenvalue weighted by atomic mass is 35.5. The fourth-order valence-corrected chi connectivity index (χ4v) is 1.63. The smallest absolute Gasteiger partial charge is 0.243 e. The lowest BCUT2D eigenvalue weighted by atomic mass is 10.2. The summed E-state index contributed by atoms with van der Waals surface area (Å²) in [5.41, 5.74) is 0.739. The molecule has 5 nitrogen and oxygen atoms in total. The van der Waals surface area contributed by atoms with E-state index in [-0.39, 0.29) is 30.8 Å². The van der Waals surface area contributed by atoms with Gasteiger partial charge in [-0.1, -0.05) is 18.2 Å². The second-order valence-electron chi connectivity index (χ2n) is 4.37. The summed E-state index contributed by atoms with van der Waals surface area (Å²) >= 11 is 0. The van der Waals surface area contributed by atoms with Gasteiger partial charge in [0.25, 0.3) is 0 Å². The van der Waals surface area contributed by atoms with E-state index in [1.165, 1.54) is 4.90 Å². The molecule has 2 N–H and O–H groups in total. The topological polar surface area (TPSA) is 61.4 Å². The van der Waals surface area contributed by atoms with E-state index in [2.05, 4.69) is 10.6 Å². The Morgan fingerprint density at radius 1 is 1.20 bits per heavy atom. The summed E-state index contributed by atoms with van der Waals surface area (Å²) in [7, 11) is 3.49. The second-order valence-corrected chi connectivity index (χ2v) is 4.37. The van der Waals surface area contributed by atoms with Crippen molar-refractivity contribution in [2.45, 2.75) is 12.8 Å². The Kier molecular flexibility index (Phi) is 9.41. The van der Waals surface area contributed by atoms with Crippen LogP contribution in [0.3, 0.4) is 0 Å². The summed E-state index contributed by atoms with van der Waals surface area (Å²) in [6, 6.07) is 9.21. The number of rotatable bonds is 7. The van der Waals surface area contributed by atoms with Gasteiger partial charge in [0.2, 0.25) is 11.8 Å². The van der Waals surface area contributed by atoms with Gasteiger partial charge < -0.3 is 15.5 Å². The van der Waals surface area contributed by atoms with E-state index in [1.54, 1.807) is 7.05 Å². The number of likely N-dealkylation sites (N-methyl/N-ethyl adjacent to an activating group) is 1. The number of hydrogen-bond acceptors (Lipinski definition) is 3. The number of para-hydroxylation sites is 1. The molecule has 0 bridgehead atoms. The van der Waals surface area contributed by atoms with Crippen LogP contribution in [0, 0.1) is 0 Å². The van der Waals surface area contributed by atoms with E-state index in [1.807, 2.05) is 37.4 Å². The zero-order valence-electron chi connectivity index (χ0n) is 11.9. The molecule has 0 radical (unpaired) electrons. The van der Waals surface area contributed by atoms with Crippen molar-refractivity contribution in [3.05, 3.63) is 30.3 Å². The normalized spacial score (nSPS) is 9.50. The fourth-order valence-electron chi connectivity index (χ4n) is 1.63. The lowest BCUT2D eigenvalue weighted by molar-refractivity contribution is -0.133. The van der Waals surface area contributed by atoms with Crippen LogP contribution in [0.15, 0.2) is 30.3 Å². The Morgan fingerprint density at radius 3 is 2.45 bits per heavy atom. The summed E-state index contributed by atoms with van der Waals surface area (Å²) in [6.07, 6.45) is 1.23. The van der Waals surface area contributed by atoms with Gasteiger partial charge in [0, 0.05) is 19.2 Å². The molecule has 1 aromatic carbocycles. The summed E-state index contributed by atoms with van der Waals surface area (Å²) in [5, 5.41) is 5.74. The summed E-state index contributed by atoms with van der Waals surface area (Å²) in [6.45, 7) is 0.878. The maximum atomic E-state index is 11.7. The van der Waals surface area contributed by atoms with Crippen LogP contribution < -0.4 is 10.6 Å². The Bertz CT molecular complexity index is 412. The van der Waals surface area contributed by atoms with Crippen LogP contribution in [0.25, 0.3) is 0 Å². The van der Waals surface area contributed by atoms with Crippen LogP contribution in [0.5, 0.6) is 0 Å². The van der Waals surface area contributed by atoms with Crippen molar-refractivity contribution in [3.8, 4) is 0 Å². The number of amides is 2. The third-order valence-corrected chi connectivity index (χ3v) is 2.68. The number of nitrogens with one attached hydrogen (secondary N) is 2. The van der Waals surface area contributed by atoms with E-state index in [0.29, 0.717) is 6.42 Å². The molecule has 0 aliphatic heterocycles. The molecule has 6 heteroatoms. The largest absolute Gasteiger partial charge is 0.336 e. The number of benzene rings is 1. The van der Waals surface area contributed by atoms with E-state index < -0.39 is 0 Å². The average molecular weight is 300 g/mol. The van der Waals surface area contributed by atoms with Gasteiger partial charge in [0.15, 0.2) is 0 Å².